The van der Waals surface area contributed by atoms with Gasteiger partial charge in [-0.05, 0) is 42.5 Å². The molecule has 166 valence electrons. The summed E-state index contributed by atoms with van der Waals surface area (Å²) in [4.78, 5) is 25.8. The second-order valence-electron chi connectivity index (χ2n) is 7.89. The van der Waals surface area contributed by atoms with Crippen molar-refractivity contribution in [3.63, 3.8) is 0 Å². The van der Waals surface area contributed by atoms with E-state index < -0.39 is 13.1 Å². The Kier molecular flexibility index (Phi) is 9.20. The van der Waals surface area contributed by atoms with Crippen LogP contribution in [0.5, 0.6) is 0 Å². The first-order valence-electron chi connectivity index (χ1n) is 10.3. The van der Waals surface area contributed by atoms with Gasteiger partial charge < -0.3 is 20.3 Å². The number of carbonyl (C=O) groups excluding carboxylic acids is 2. The van der Waals surface area contributed by atoms with E-state index in [1.54, 1.807) is 26.2 Å². The van der Waals surface area contributed by atoms with Gasteiger partial charge in [-0.2, -0.15) is 5.26 Å². The maximum Gasteiger partial charge on any atom is 0.475 e. The van der Waals surface area contributed by atoms with E-state index in [2.05, 4.69) is 5.32 Å². The molecule has 0 heterocycles. The molecule has 0 saturated carbocycles. The highest BCUT2D eigenvalue weighted by atomic mass is 16.4. The van der Waals surface area contributed by atoms with Crippen LogP contribution >= 0.6 is 0 Å². The highest BCUT2D eigenvalue weighted by Crippen LogP contribution is 2.13. The number of nitriles is 1. The van der Waals surface area contributed by atoms with Gasteiger partial charge in [-0.25, -0.2) is 0 Å². The minimum Gasteiger partial charge on any atom is -0.426 e. The summed E-state index contributed by atoms with van der Waals surface area (Å²) >= 11 is 0. The van der Waals surface area contributed by atoms with Gasteiger partial charge in [0.25, 0.3) is 5.91 Å². The molecule has 0 saturated heterocycles. The Balaban J connectivity index is 1.99. The van der Waals surface area contributed by atoms with Gasteiger partial charge in [0, 0.05) is 20.5 Å². The summed E-state index contributed by atoms with van der Waals surface area (Å²) in [5.41, 5.74) is 3.58. The topological polar surface area (TPSA) is 114 Å². The van der Waals surface area contributed by atoms with Crippen molar-refractivity contribution in [2.75, 3.05) is 14.1 Å². The fourth-order valence-corrected chi connectivity index (χ4v) is 3.13. The van der Waals surface area contributed by atoms with Crippen molar-refractivity contribution in [2.45, 2.75) is 32.1 Å². The SMILES string of the molecule is Cc1ccc(CC(NC(=O)CCc2cccc(C=C(C#N)C(=O)N(C)C)c2)B(O)O)cc1. The number of nitrogens with one attached hydrogen (secondary N) is 1. The normalized spacial score (nSPS) is 11.9. The van der Waals surface area contributed by atoms with Crippen molar-refractivity contribution in [3.8, 4) is 6.07 Å². The molecular formula is C24H28BN3O4. The summed E-state index contributed by atoms with van der Waals surface area (Å²) in [6, 6.07) is 16.8. The minimum atomic E-state index is -1.67. The van der Waals surface area contributed by atoms with Gasteiger partial charge in [0.05, 0.1) is 5.94 Å². The first-order valence-corrected chi connectivity index (χ1v) is 10.3. The second kappa shape index (κ2) is 11.8. The van der Waals surface area contributed by atoms with E-state index in [4.69, 9.17) is 0 Å². The maximum absolute atomic E-state index is 12.4. The van der Waals surface area contributed by atoms with Crippen LogP contribution in [0.2, 0.25) is 0 Å². The third kappa shape index (κ3) is 7.69. The van der Waals surface area contributed by atoms with Crippen LogP contribution in [0.4, 0.5) is 0 Å². The van der Waals surface area contributed by atoms with Gasteiger partial charge in [0.2, 0.25) is 5.91 Å². The van der Waals surface area contributed by atoms with Crippen LogP contribution in [0.1, 0.15) is 28.7 Å². The van der Waals surface area contributed by atoms with Crippen molar-refractivity contribution in [3.05, 3.63) is 76.4 Å². The van der Waals surface area contributed by atoms with E-state index in [1.165, 1.54) is 11.0 Å². The molecule has 7 nitrogen and oxygen atoms in total. The van der Waals surface area contributed by atoms with Crippen LogP contribution in [0.25, 0.3) is 6.08 Å². The fraction of sp³-hybridized carbons (Fsp3) is 0.292. The Morgan fingerprint density at radius 1 is 1.16 bits per heavy atom. The van der Waals surface area contributed by atoms with Crippen molar-refractivity contribution in [1.82, 2.24) is 10.2 Å². The minimum absolute atomic E-state index is 0.0285. The third-order valence-corrected chi connectivity index (χ3v) is 4.94. The van der Waals surface area contributed by atoms with Gasteiger partial charge >= 0.3 is 7.12 Å². The standard InChI is InChI=1S/C24H28BN3O4/c1-17-7-9-19(10-8-17)15-22(25(31)32)27-23(29)12-11-18-5-4-6-20(13-18)14-21(16-26)24(30)28(2)3/h4-10,13-14,22,31-32H,11-12,15H2,1-3H3,(H,27,29). The first kappa shape index (κ1) is 24.9. The monoisotopic (exact) mass is 433 g/mol. The largest absolute Gasteiger partial charge is 0.475 e. The molecule has 0 aliphatic carbocycles. The van der Waals surface area contributed by atoms with E-state index in [-0.39, 0.29) is 23.8 Å². The predicted molar refractivity (Wildman–Crippen MR) is 124 cm³/mol. The highest BCUT2D eigenvalue weighted by molar-refractivity contribution is 6.43. The van der Waals surface area contributed by atoms with Crippen LogP contribution < -0.4 is 5.32 Å². The summed E-state index contributed by atoms with van der Waals surface area (Å²) in [5.74, 6) is -1.48. The summed E-state index contributed by atoms with van der Waals surface area (Å²) in [7, 11) is 1.49. The Bertz CT molecular complexity index is 1010. The molecule has 0 aliphatic rings. The molecule has 0 fully saturated rings. The zero-order valence-electron chi connectivity index (χ0n) is 18.6. The Labute approximate surface area is 189 Å². The highest BCUT2D eigenvalue weighted by Gasteiger charge is 2.25. The van der Waals surface area contributed by atoms with Crippen LogP contribution in [0.15, 0.2) is 54.1 Å². The lowest BCUT2D eigenvalue weighted by atomic mass is 9.75. The first-order chi connectivity index (χ1) is 15.2. The molecule has 3 N–H and O–H groups in total. The molecule has 0 bridgehead atoms. The van der Waals surface area contributed by atoms with Crippen molar-refractivity contribution >= 4 is 25.0 Å². The van der Waals surface area contributed by atoms with E-state index >= 15 is 0 Å². The Hall–Kier alpha value is -3.41. The Morgan fingerprint density at radius 2 is 1.84 bits per heavy atom. The molecule has 1 unspecified atom stereocenters. The molecule has 2 aromatic carbocycles. The lowest BCUT2D eigenvalue weighted by Gasteiger charge is -2.18. The van der Waals surface area contributed by atoms with E-state index in [9.17, 15) is 24.9 Å². The molecular weight excluding hydrogens is 405 g/mol. The smallest absolute Gasteiger partial charge is 0.426 e. The van der Waals surface area contributed by atoms with E-state index in [0.29, 0.717) is 18.4 Å². The lowest BCUT2D eigenvalue weighted by Crippen LogP contribution is -2.47. The lowest BCUT2D eigenvalue weighted by molar-refractivity contribution is -0.124. The number of hydrogen-bond acceptors (Lipinski definition) is 5. The van der Waals surface area contributed by atoms with Crippen LogP contribution in [-0.2, 0) is 22.4 Å². The molecule has 2 aromatic rings. The van der Waals surface area contributed by atoms with Crippen molar-refractivity contribution in [1.29, 1.82) is 5.26 Å². The molecule has 2 rings (SSSR count). The summed E-state index contributed by atoms with van der Waals surface area (Å²) in [5, 5.41) is 31.3. The van der Waals surface area contributed by atoms with Gasteiger partial charge in [0.15, 0.2) is 0 Å². The molecule has 32 heavy (non-hydrogen) atoms. The predicted octanol–water partition coefficient (Wildman–Crippen LogP) is 1.66. The van der Waals surface area contributed by atoms with Crippen LogP contribution in [0, 0.1) is 18.3 Å². The second-order valence-corrected chi connectivity index (χ2v) is 7.89. The quantitative estimate of drug-likeness (QED) is 0.316. The van der Waals surface area contributed by atoms with Crippen molar-refractivity contribution in [2.24, 2.45) is 0 Å². The molecule has 0 aliphatic heterocycles. The number of carbonyl (C=O) groups is 2. The van der Waals surface area contributed by atoms with Gasteiger partial charge in [-0.1, -0.05) is 54.1 Å². The summed E-state index contributed by atoms with van der Waals surface area (Å²) in [6.45, 7) is 1.97. The number of hydrogen-bond donors (Lipinski definition) is 3. The van der Waals surface area contributed by atoms with Gasteiger partial charge in [-0.15, -0.1) is 0 Å². The van der Waals surface area contributed by atoms with Gasteiger partial charge in [-0.3, -0.25) is 9.59 Å². The average molecular weight is 433 g/mol. The van der Waals surface area contributed by atoms with Crippen LogP contribution in [-0.4, -0.2) is 53.9 Å². The van der Waals surface area contributed by atoms with E-state index in [0.717, 1.165) is 16.7 Å². The Morgan fingerprint density at radius 3 is 2.44 bits per heavy atom. The molecule has 1 atom stereocenters. The summed E-state index contributed by atoms with van der Waals surface area (Å²) < 4.78 is 0. The molecule has 2 amide bonds. The summed E-state index contributed by atoms with van der Waals surface area (Å²) in [6.07, 6.45) is 2.41. The fourth-order valence-electron chi connectivity index (χ4n) is 3.13. The van der Waals surface area contributed by atoms with E-state index in [1.807, 2.05) is 49.4 Å². The number of nitrogens with zero attached hydrogens (tertiary/aromatic N) is 2. The molecule has 0 spiro atoms. The van der Waals surface area contributed by atoms with Gasteiger partial charge in [0.1, 0.15) is 11.6 Å². The molecule has 8 heteroatoms. The number of aryl methyl sites for hydroxylation is 2. The number of rotatable bonds is 9. The number of amides is 2. The van der Waals surface area contributed by atoms with Crippen molar-refractivity contribution < 1.29 is 19.6 Å². The maximum atomic E-state index is 12.4. The zero-order chi connectivity index (χ0) is 23.7. The molecule has 0 aromatic heterocycles. The number of likely N-dealkylation sites (N-methyl/N-ethyl adjacent to an activating group) is 1. The number of benzene rings is 2. The average Bonchev–Trinajstić information content (AvgIpc) is 2.76. The zero-order valence-corrected chi connectivity index (χ0v) is 18.6. The van der Waals surface area contributed by atoms with Crippen LogP contribution in [0.3, 0.4) is 0 Å². The third-order valence-electron chi connectivity index (χ3n) is 4.94. The molecule has 0 radical (unpaired) electrons.